The maximum absolute atomic E-state index is 11.7. The second kappa shape index (κ2) is 7.06. The highest BCUT2D eigenvalue weighted by atomic mass is 32.2. The number of hydrogen-bond donors (Lipinski definition) is 2. The third-order valence-electron chi connectivity index (χ3n) is 3.35. The zero-order chi connectivity index (χ0) is 13.6. The first-order valence-corrected chi connectivity index (χ1v) is 8.12. The lowest BCUT2D eigenvalue weighted by Gasteiger charge is -2.31. The second-order valence-electron chi connectivity index (χ2n) is 4.83. The topological polar surface area (TPSA) is 92.5 Å². The summed E-state index contributed by atoms with van der Waals surface area (Å²) in [5, 5.41) is 3.28. The molecule has 0 aromatic carbocycles. The van der Waals surface area contributed by atoms with Gasteiger partial charge in [0.25, 0.3) is 0 Å². The van der Waals surface area contributed by atoms with E-state index in [9.17, 15) is 13.2 Å². The predicted octanol–water partition coefficient (Wildman–Crippen LogP) is -1.04. The Morgan fingerprint density at radius 3 is 2.50 bits per heavy atom. The van der Waals surface area contributed by atoms with E-state index >= 15 is 0 Å². The molecule has 3 N–H and O–H groups in total. The Bertz CT molecular complexity index is 364. The van der Waals surface area contributed by atoms with Gasteiger partial charge in [-0.2, -0.15) is 0 Å². The number of rotatable bonds is 7. The third-order valence-corrected chi connectivity index (χ3v) is 4.98. The smallest absolute Gasteiger partial charge is 0.218 e. The molecule has 1 rings (SSSR count). The highest BCUT2D eigenvalue weighted by molar-refractivity contribution is 7.91. The van der Waals surface area contributed by atoms with Crippen LogP contribution in [-0.4, -0.2) is 63.5 Å². The minimum Gasteiger partial charge on any atom is -0.370 e. The van der Waals surface area contributed by atoms with Gasteiger partial charge in [0.2, 0.25) is 5.91 Å². The van der Waals surface area contributed by atoms with Gasteiger partial charge in [-0.1, -0.05) is 0 Å². The maximum Gasteiger partial charge on any atom is 0.218 e. The number of nitrogens with one attached hydrogen (secondary N) is 1. The van der Waals surface area contributed by atoms with Crippen molar-refractivity contribution in [2.75, 3.05) is 38.2 Å². The molecule has 0 spiro atoms. The van der Waals surface area contributed by atoms with Gasteiger partial charge in [-0.25, -0.2) is 8.42 Å². The number of carbonyl (C=O) groups is 1. The summed E-state index contributed by atoms with van der Waals surface area (Å²) in [6, 6.07) is 0.456. The summed E-state index contributed by atoms with van der Waals surface area (Å²) in [4.78, 5) is 12.7. The van der Waals surface area contributed by atoms with E-state index in [1.807, 2.05) is 7.05 Å². The normalized spacial score (nSPS) is 18.1. The number of sulfone groups is 1. The van der Waals surface area contributed by atoms with E-state index in [0.29, 0.717) is 12.6 Å². The van der Waals surface area contributed by atoms with Gasteiger partial charge >= 0.3 is 0 Å². The van der Waals surface area contributed by atoms with Gasteiger partial charge in [0.05, 0.1) is 11.5 Å². The van der Waals surface area contributed by atoms with Crippen LogP contribution in [0.25, 0.3) is 0 Å². The van der Waals surface area contributed by atoms with Crippen molar-refractivity contribution >= 4 is 15.7 Å². The van der Waals surface area contributed by atoms with Crippen LogP contribution in [0, 0.1) is 0 Å². The first kappa shape index (κ1) is 15.4. The summed E-state index contributed by atoms with van der Waals surface area (Å²) in [7, 11) is -1.21. The lowest BCUT2D eigenvalue weighted by molar-refractivity contribution is -0.117. The molecule has 6 nitrogen and oxygen atoms in total. The van der Waals surface area contributed by atoms with Gasteiger partial charge in [0.1, 0.15) is 0 Å². The largest absolute Gasteiger partial charge is 0.370 e. The Balaban J connectivity index is 2.31. The average Bonchev–Trinajstić information content (AvgIpc) is 2.35. The van der Waals surface area contributed by atoms with Crippen LogP contribution in [0.3, 0.4) is 0 Å². The van der Waals surface area contributed by atoms with E-state index in [0.717, 1.165) is 25.9 Å². The van der Waals surface area contributed by atoms with Crippen molar-refractivity contribution in [3.63, 3.8) is 0 Å². The number of nitrogens with two attached hydrogens (primary N) is 1. The van der Waals surface area contributed by atoms with Crippen LogP contribution in [0.4, 0.5) is 0 Å². The van der Waals surface area contributed by atoms with Gasteiger partial charge in [-0.3, -0.25) is 4.79 Å². The predicted molar refractivity (Wildman–Crippen MR) is 71.0 cm³/mol. The fourth-order valence-electron chi connectivity index (χ4n) is 2.07. The van der Waals surface area contributed by atoms with E-state index in [4.69, 9.17) is 5.73 Å². The molecule has 18 heavy (non-hydrogen) atoms. The van der Waals surface area contributed by atoms with Crippen LogP contribution in [0.5, 0.6) is 0 Å². The Hall–Kier alpha value is -0.660. The molecule has 0 aromatic rings. The molecular weight excluding hydrogens is 254 g/mol. The molecule has 0 bridgehead atoms. The Labute approximate surface area is 109 Å². The molecule has 1 saturated heterocycles. The Morgan fingerprint density at radius 2 is 1.94 bits per heavy atom. The SMILES string of the molecule is CN(CCS(=O)(=O)CCC(N)=O)C1CCNCC1. The molecule has 0 unspecified atom stereocenters. The van der Waals surface area contributed by atoms with E-state index in [1.54, 1.807) is 0 Å². The molecule has 0 aliphatic carbocycles. The highest BCUT2D eigenvalue weighted by Crippen LogP contribution is 2.09. The molecule has 7 heteroatoms. The van der Waals surface area contributed by atoms with E-state index in [1.165, 1.54) is 0 Å². The molecule has 0 radical (unpaired) electrons. The number of hydrogen-bond acceptors (Lipinski definition) is 5. The number of piperidine rings is 1. The van der Waals surface area contributed by atoms with E-state index in [-0.39, 0.29) is 17.9 Å². The van der Waals surface area contributed by atoms with Crippen LogP contribution < -0.4 is 11.1 Å². The monoisotopic (exact) mass is 277 g/mol. The molecule has 0 saturated carbocycles. The summed E-state index contributed by atoms with van der Waals surface area (Å²) >= 11 is 0. The molecule has 106 valence electrons. The maximum atomic E-state index is 11.7. The number of primary amides is 1. The summed E-state index contributed by atoms with van der Waals surface area (Å²) in [5.74, 6) is -0.603. The average molecular weight is 277 g/mol. The molecule has 1 heterocycles. The van der Waals surface area contributed by atoms with Crippen LogP contribution in [0.2, 0.25) is 0 Å². The van der Waals surface area contributed by atoms with Crippen molar-refractivity contribution in [1.29, 1.82) is 0 Å². The number of carbonyl (C=O) groups excluding carboxylic acids is 1. The van der Waals surface area contributed by atoms with Gasteiger partial charge < -0.3 is 16.0 Å². The lowest BCUT2D eigenvalue weighted by Crippen LogP contribution is -2.42. The quantitative estimate of drug-likeness (QED) is 0.620. The van der Waals surface area contributed by atoms with Crippen LogP contribution >= 0.6 is 0 Å². The molecule has 1 fully saturated rings. The first-order valence-electron chi connectivity index (χ1n) is 6.30. The van der Waals surface area contributed by atoms with Crippen molar-refractivity contribution in [2.24, 2.45) is 5.73 Å². The van der Waals surface area contributed by atoms with Gasteiger partial charge in [-0.05, 0) is 33.0 Å². The van der Waals surface area contributed by atoms with Crippen molar-refractivity contribution in [1.82, 2.24) is 10.2 Å². The minimum atomic E-state index is -3.17. The summed E-state index contributed by atoms with van der Waals surface area (Å²) in [5.41, 5.74) is 4.95. The summed E-state index contributed by atoms with van der Waals surface area (Å²) < 4.78 is 23.4. The van der Waals surface area contributed by atoms with Crippen molar-refractivity contribution < 1.29 is 13.2 Å². The van der Waals surface area contributed by atoms with Gasteiger partial charge in [-0.15, -0.1) is 0 Å². The summed E-state index contributed by atoms with van der Waals surface area (Å²) in [6.07, 6.45) is 2.02. The van der Waals surface area contributed by atoms with Crippen LogP contribution in [0.15, 0.2) is 0 Å². The zero-order valence-electron chi connectivity index (χ0n) is 10.9. The van der Waals surface area contributed by atoms with Crippen LogP contribution in [0.1, 0.15) is 19.3 Å². The van der Waals surface area contributed by atoms with Crippen molar-refractivity contribution in [2.45, 2.75) is 25.3 Å². The van der Waals surface area contributed by atoms with E-state index < -0.39 is 15.7 Å². The lowest BCUT2D eigenvalue weighted by atomic mass is 10.1. The van der Waals surface area contributed by atoms with E-state index in [2.05, 4.69) is 10.2 Å². The molecule has 0 atom stereocenters. The molecular formula is C11H23N3O3S. The fraction of sp³-hybridized carbons (Fsp3) is 0.909. The number of amides is 1. The van der Waals surface area contributed by atoms with Gasteiger partial charge in [0.15, 0.2) is 9.84 Å². The molecule has 1 amide bonds. The highest BCUT2D eigenvalue weighted by Gasteiger charge is 2.20. The first-order chi connectivity index (χ1) is 8.41. The zero-order valence-corrected chi connectivity index (χ0v) is 11.7. The molecule has 1 aliphatic heterocycles. The Morgan fingerprint density at radius 1 is 1.33 bits per heavy atom. The third kappa shape index (κ3) is 5.79. The van der Waals surface area contributed by atoms with Crippen molar-refractivity contribution in [3.8, 4) is 0 Å². The standard InChI is InChI=1S/C11H23N3O3S/c1-14(10-2-5-13-6-3-10)7-9-18(16,17)8-4-11(12)15/h10,13H,2-9H2,1H3,(H2,12,15). The fourth-order valence-corrected chi connectivity index (χ4v) is 3.35. The summed E-state index contributed by atoms with van der Waals surface area (Å²) in [6.45, 7) is 2.50. The van der Waals surface area contributed by atoms with Gasteiger partial charge in [0, 0.05) is 19.0 Å². The number of nitrogens with zero attached hydrogens (tertiary/aromatic N) is 1. The Kier molecular flexibility index (Phi) is 6.04. The van der Waals surface area contributed by atoms with Crippen molar-refractivity contribution in [3.05, 3.63) is 0 Å². The molecule has 0 aromatic heterocycles. The second-order valence-corrected chi connectivity index (χ2v) is 7.13. The minimum absolute atomic E-state index is 0.0839. The molecule has 1 aliphatic rings. The van der Waals surface area contributed by atoms with Crippen LogP contribution in [-0.2, 0) is 14.6 Å².